The molecular weight excluding hydrogens is 384 g/mol. The third-order valence-corrected chi connectivity index (χ3v) is 6.97. The number of Topliss-reactive ketones (excluding diaryl/α,β-unsaturated/α-hetero) is 1. The first-order valence-corrected chi connectivity index (χ1v) is 11.0. The summed E-state index contributed by atoms with van der Waals surface area (Å²) in [4.78, 5) is 31.8. The Labute approximate surface area is 178 Å². The van der Waals surface area contributed by atoms with E-state index in [0.29, 0.717) is 12.3 Å². The number of aliphatic hydroxyl groups is 2. The lowest BCUT2D eigenvalue weighted by Crippen LogP contribution is -2.58. The number of hydrogen-bond acceptors (Lipinski definition) is 6. The van der Waals surface area contributed by atoms with Gasteiger partial charge in [-0.1, -0.05) is 44.1 Å². The molecule has 3 aliphatic rings. The van der Waals surface area contributed by atoms with E-state index >= 15 is 0 Å². The first-order valence-electron chi connectivity index (χ1n) is 11.0. The average molecular weight is 421 g/mol. The molecule has 7 atom stereocenters. The second-order valence-corrected chi connectivity index (χ2v) is 9.69. The van der Waals surface area contributed by atoms with E-state index in [1.54, 1.807) is 0 Å². The van der Waals surface area contributed by atoms with Crippen LogP contribution < -0.4 is 10.8 Å². The molecule has 168 valence electrons. The minimum absolute atomic E-state index is 0.0181. The lowest BCUT2D eigenvalue weighted by molar-refractivity contribution is -0.177. The molecule has 30 heavy (non-hydrogen) atoms. The second kappa shape index (κ2) is 8.91. The summed E-state index contributed by atoms with van der Waals surface area (Å²) in [6.45, 7) is 10.3. The maximum atomic E-state index is 13.4. The molecule has 0 aromatic carbocycles. The van der Waals surface area contributed by atoms with Gasteiger partial charge in [-0.3, -0.25) is 14.4 Å². The van der Waals surface area contributed by atoms with Crippen molar-refractivity contribution in [3.63, 3.8) is 0 Å². The first-order chi connectivity index (χ1) is 14.1. The molecule has 1 amide bonds. The summed E-state index contributed by atoms with van der Waals surface area (Å²) in [5.41, 5.74) is 3.76. The van der Waals surface area contributed by atoms with E-state index in [2.05, 4.69) is 44.6 Å². The van der Waals surface area contributed by atoms with E-state index < -0.39 is 23.6 Å². The van der Waals surface area contributed by atoms with E-state index in [1.165, 1.54) is 5.57 Å². The number of amides is 1. The van der Waals surface area contributed by atoms with Crippen molar-refractivity contribution < 1.29 is 24.6 Å². The lowest BCUT2D eigenvalue weighted by Gasteiger charge is -2.45. The number of hydroxylamine groups is 1. The second-order valence-electron chi connectivity index (χ2n) is 9.69. The van der Waals surface area contributed by atoms with Crippen LogP contribution in [0.2, 0.25) is 0 Å². The minimum atomic E-state index is -1.40. The molecule has 1 saturated heterocycles. The Morgan fingerprint density at radius 1 is 1.20 bits per heavy atom. The van der Waals surface area contributed by atoms with E-state index in [4.69, 9.17) is 4.84 Å². The topological polar surface area (TPSA) is 108 Å². The van der Waals surface area contributed by atoms with Crippen molar-refractivity contribution in [3.8, 4) is 0 Å². The highest BCUT2D eigenvalue weighted by atomic mass is 16.7. The first kappa shape index (κ1) is 23.1. The van der Waals surface area contributed by atoms with Crippen molar-refractivity contribution >= 4 is 11.7 Å². The maximum Gasteiger partial charge on any atom is 0.255 e. The summed E-state index contributed by atoms with van der Waals surface area (Å²) >= 11 is 0. The van der Waals surface area contributed by atoms with Gasteiger partial charge in [-0.15, -0.1) is 0 Å². The molecule has 0 unspecified atom stereocenters. The van der Waals surface area contributed by atoms with Crippen molar-refractivity contribution in [2.75, 3.05) is 6.54 Å². The van der Waals surface area contributed by atoms with Gasteiger partial charge in [0.2, 0.25) is 0 Å². The van der Waals surface area contributed by atoms with Crippen LogP contribution in [0.3, 0.4) is 0 Å². The van der Waals surface area contributed by atoms with Gasteiger partial charge in [-0.25, -0.2) is 0 Å². The van der Waals surface area contributed by atoms with Crippen LogP contribution in [0.1, 0.15) is 53.9 Å². The zero-order valence-corrected chi connectivity index (χ0v) is 18.6. The Kier molecular flexibility index (Phi) is 6.87. The predicted octanol–water partition coefficient (Wildman–Crippen LogP) is 1.65. The number of β-amino-alcohol motifs (C(OH)–C–C–N with tert-alkyl or cyclic N) is 1. The van der Waals surface area contributed by atoms with Crippen molar-refractivity contribution in [1.29, 1.82) is 0 Å². The molecule has 7 nitrogen and oxygen atoms in total. The molecule has 0 saturated carbocycles. The van der Waals surface area contributed by atoms with Gasteiger partial charge < -0.3 is 15.5 Å². The number of carbonyl (C=O) groups excluding carboxylic acids is 2. The predicted molar refractivity (Wildman–Crippen MR) is 113 cm³/mol. The Bertz CT molecular complexity index is 746. The fourth-order valence-electron chi connectivity index (χ4n) is 5.28. The monoisotopic (exact) mass is 420 g/mol. The summed E-state index contributed by atoms with van der Waals surface area (Å²) < 4.78 is 0. The van der Waals surface area contributed by atoms with Gasteiger partial charge in [-0.05, 0) is 44.9 Å². The van der Waals surface area contributed by atoms with Gasteiger partial charge in [0.05, 0.1) is 6.54 Å². The molecule has 0 bridgehead atoms. The summed E-state index contributed by atoms with van der Waals surface area (Å²) in [6.07, 6.45) is 3.12. The molecule has 7 heteroatoms. The number of allylic oxidation sites excluding steroid dienone is 2. The summed E-state index contributed by atoms with van der Waals surface area (Å²) in [6, 6.07) is -0.0181. The zero-order valence-electron chi connectivity index (χ0n) is 18.6. The van der Waals surface area contributed by atoms with Crippen LogP contribution in [0.25, 0.3) is 0 Å². The molecular formula is C23H36N2O5. The summed E-state index contributed by atoms with van der Waals surface area (Å²) in [5, 5.41) is 23.5. The highest BCUT2D eigenvalue weighted by Crippen LogP contribution is 2.50. The van der Waals surface area contributed by atoms with Crippen LogP contribution in [-0.2, 0) is 14.4 Å². The van der Waals surface area contributed by atoms with Crippen molar-refractivity contribution in [1.82, 2.24) is 10.8 Å². The molecule has 1 aliphatic carbocycles. The number of aliphatic hydroxyl groups excluding tert-OH is 2. The van der Waals surface area contributed by atoms with Gasteiger partial charge in [0.25, 0.3) is 5.91 Å². The lowest BCUT2D eigenvalue weighted by atomic mass is 9.63. The Morgan fingerprint density at radius 2 is 1.90 bits per heavy atom. The van der Waals surface area contributed by atoms with Gasteiger partial charge in [0.15, 0.2) is 11.4 Å². The van der Waals surface area contributed by atoms with Gasteiger partial charge in [-0.2, -0.15) is 5.48 Å². The quantitative estimate of drug-likeness (QED) is 0.506. The smallest absolute Gasteiger partial charge is 0.255 e. The molecule has 3 rings (SSSR count). The van der Waals surface area contributed by atoms with Crippen molar-refractivity contribution in [3.05, 3.63) is 23.3 Å². The molecule has 2 heterocycles. The van der Waals surface area contributed by atoms with E-state index in [1.807, 2.05) is 13.0 Å². The van der Waals surface area contributed by atoms with E-state index in [9.17, 15) is 19.8 Å². The number of hydrogen-bond donors (Lipinski definition) is 4. The number of nitrogens with one attached hydrogen (secondary N) is 2. The summed E-state index contributed by atoms with van der Waals surface area (Å²) in [7, 11) is 0. The SMILES string of the molecule is CC1=C[C@@H]2/C=C(\C)CC[C@@H](O)C(=O)[C@@H](O)CNO[C@]23C(=O)N[C@@H](CC(C)C)[C@@H]3[C@@H]1C. The Balaban J connectivity index is 2.06. The highest BCUT2D eigenvalue weighted by molar-refractivity contribution is 5.90. The Morgan fingerprint density at radius 3 is 2.57 bits per heavy atom. The van der Waals surface area contributed by atoms with Gasteiger partial charge in [0.1, 0.15) is 12.2 Å². The van der Waals surface area contributed by atoms with Crippen molar-refractivity contribution in [2.24, 2.45) is 23.7 Å². The highest BCUT2D eigenvalue weighted by Gasteiger charge is 2.63. The van der Waals surface area contributed by atoms with Crippen LogP contribution in [0.15, 0.2) is 23.3 Å². The standard InChI is InChI=1S/C23H36N2O5/c1-12(2)8-17-20-15(5)14(4)10-16-9-13(3)6-7-18(26)21(28)19(27)11-24-30-23(16,20)22(29)25-17/h9-10,12,15-20,24,26-27H,6-8,11H2,1-5H3,(H,25,29)/b13-9+/t15-,16+,17+,18-,19+,20+,23-/m1/s1. The number of ketones is 1. The van der Waals surface area contributed by atoms with E-state index in [-0.39, 0.29) is 42.7 Å². The third-order valence-electron chi connectivity index (χ3n) is 6.97. The van der Waals surface area contributed by atoms with E-state index in [0.717, 1.165) is 12.0 Å². The van der Waals surface area contributed by atoms with Crippen LogP contribution in [0.4, 0.5) is 0 Å². The van der Waals surface area contributed by atoms with Gasteiger partial charge in [0, 0.05) is 17.9 Å². The largest absolute Gasteiger partial charge is 0.385 e. The molecule has 4 N–H and O–H groups in total. The zero-order chi connectivity index (χ0) is 22.2. The normalized spacial score (nSPS) is 42.3. The van der Waals surface area contributed by atoms with Crippen LogP contribution in [0.5, 0.6) is 0 Å². The molecule has 0 aromatic rings. The van der Waals surface area contributed by atoms with Crippen LogP contribution in [0, 0.1) is 23.7 Å². The number of rotatable bonds is 2. The molecule has 1 fully saturated rings. The molecule has 0 radical (unpaired) electrons. The molecule has 0 aromatic heterocycles. The van der Waals surface area contributed by atoms with Gasteiger partial charge >= 0.3 is 0 Å². The van der Waals surface area contributed by atoms with Crippen molar-refractivity contribution in [2.45, 2.75) is 77.7 Å². The van der Waals surface area contributed by atoms with Crippen LogP contribution >= 0.6 is 0 Å². The molecule has 1 spiro atoms. The number of carbonyl (C=O) groups is 2. The fourth-order valence-corrected chi connectivity index (χ4v) is 5.28. The maximum absolute atomic E-state index is 13.4. The Hall–Kier alpha value is -1.54. The average Bonchev–Trinajstić information content (AvgIpc) is 2.94. The minimum Gasteiger partial charge on any atom is -0.385 e. The fraction of sp³-hybridized carbons (Fsp3) is 0.739. The third kappa shape index (κ3) is 4.13. The summed E-state index contributed by atoms with van der Waals surface area (Å²) in [5.74, 6) is -0.604. The molecule has 2 aliphatic heterocycles. The van der Waals surface area contributed by atoms with Crippen LogP contribution in [-0.4, -0.2) is 52.3 Å².